The molecule has 30 heavy (non-hydrogen) atoms. The van der Waals surface area contributed by atoms with Crippen molar-refractivity contribution in [3.63, 3.8) is 0 Å². The fourth-order valence-electron chi connectivity index (χ4n) is 3.71. The van der Waals surface area contributed by atoms with Crippen molar-refractivity contribution in [2.75, 3.05) is 6.54 Å². The predicted octanol–water partition coefficient (Wildman–Crippen LogP) is 4.77. The van der Waals surface area contributed by atoms with Gasteiger partial charge in [-0.3, -0.25) is 14.7 Å². The van der Waals surface area contributed by atoms with E-state index in [1.807, 2.05) is 36.4 Å². The van der Waals surface area contributed by atoms with Crippen LogP contribution in [0.3, 0.4) is 0 Å². The summed E-state index contributed by atoms with van der Waals surface area (Å²) in [5, 5.41) is 0.744. The lowest BCUT2D eigenvalue weighted by Gasteiger charge is -2.27. The number of rotatable bonds is 4. The summed E-state index contributed by atoms with van der Waals surface area (Å²) >= 11 is 7.77. The summed E-state index contributed by atoms with van der Waals surface area (Å²) in [5.41, 5.74) is 3.66. The van der Waals surface area contributed by atoms with Crippen molar-refractivity contribution >= 4 is 22.9 Å². The van der Waals surface area contributed by atoms with Crippen molar-refractivity contribution in [1.82, 2.24) is 19.9 Å². The number of nitrogens with zero attached hydrogens (tertiary/aromatic N) is 3. The number of thiophene rings is 1. The number of fused-ring (bicyclic) bond motifs is 1. The van der Waals surface area contributed by atoms with Gasteiger partial charge >= 0.3 is 0 Å². The highest BCUT2D eigenvalue weighted by molar-refractivity contribution is 7.15. The van der Waals surface area contributed by atoms with Gasteiger partial charge in [0.05, 0.1) is 11.3 Å². The minimum atomic E-state index is -0.0513. The Balaban J connectivity index is 1.33. The highest BCUT2D eigenvalue weighted by Crippen LogP contribution is 2.30. The van der Waals surface area contributed by atoms with E-state index in [0.717, 1.165) is 41.4 Å². The fourth-order valence-corrected chi connectivity index (χ4v) is 4.90. The first kappa shape index (κ1) is 19.2. The van der Waals surface area contributed by atoms with Gasteiger partial charge in [0.2, 0.25) is 0 Å². The first-order valence-corrected chi connectivity index (χ1v) is 10.9. The van der Waals surface area contributed by atoms with Gasteiger partial charge in [0.1, 0.15) is 5.82 Å². The largest absolute Gasteiger partial charge is 0.306 e. The highest BCUT2D eigenvalue weighted by Gasteiger charge is 2.22. The van der Waals surface area contributed by atoms with Crippen LogP contribution in [0.1, 0.15) is 16.1 Å². The first-order chi connectivity index (χ1) is 14.7. The number of aromatic amines is 1. The highest BCUT2D eigenvalue weighted by atomic mass is 35.5. The molecule has 1 aliphatic rings. The number of benzene rings is 1. The van der Waals surface area contributed by atoms with E-state index in [1.165, 1.54) is 15.3 Å². The molecule has 0 saturated heterocycles. The molecule has 0 amide bonds. The van der Waals surface area contributed by atoms with Gasteiger partial charge in [0, 0.05) is 58.8 Å². The molecule has 7 heteroatoms. The van der Waals surface area contributed by atoms with Gasteiger partial charge in [-0.1, -0.05) is 23.7 Å². The lowest BCUT2D eigenvalue weighted by atomic mass is 10.1. The van der Waals surface area contributed by atoms with Gasteiger partial charge in [-0.15, -0.1) is 11.3 Å². The summed E-state index contributed by atoms with van der Waals surface area (Å²) in [5.74, 6) is 0.612. The van der Waals surface area contributed by atoms with Gasteiger partial charge in [0.15, 0.2) is 0 Å². The molecule has 1 N–H and O–H groups in total. The van der Waals surface area contributed by atoms with E-state index >= 15 is 0 Å². The van der Waals surface area contributed by atoms with Crippen LogP contribution < -0.4 is 5.56 Å². The number of nitrogens with one attached hydrogen (secondary N) is 1. The molecule has 5 rings (SSSR count). The molecular weight excluding hydrogens is 416 g/mol. The second-order valence-corrected chi connectivity index (χ2v) is 8.91. The Morgan fingerprint density at radius 1 is 1.03 bits per heavy atom. The van der Waals surface area contributed by atoms with Crippen LogP contribution in [0.4, 0.5) is 0 Å². The van der Waals surface area contributed by atoms with Crippen molar-refractivity contribution in [2.45, 2.75) is 19.5 Å². The second-order valence-electron chi connectivity index (χ2n) is 7.31. The van der Waals surface area contributed by atoms with Gasteiger partial charge in [0.25, 0.3) is 5.56 Å². The smallest absolute Gasteiger partial charge is 0.255 e. The topological polar surface area (TPSA) is 61.9 Å². The van der Waals surface area contributed by atoms with Crippen LogP contribution in [0.15, 0.2) is 65.7 Å². The molecule has 0 saturated carbocycles. The van der Waals surface area contributed by atoms with Crippen LogP contribution in [0.25, 0.3) is 21.8 Å². The number of pyridine rings is 1. The summed E-state index contributed by atoms with van der Waals surface area (Å²) < 4.78 is 0. The maximum absolute atomic E-state index is 12.7. The SMILES string of the molecule is O=c1[nH]c(-c2ccncc2)nc2c1CN(Cc1ccc(-c3ccc(Cl)cc3)s1)CC2. The van der Waals surface area contributed by atoms with Crippen LogP contribution in [-0.4, -0.2) is 26.4 Å². The van der Waals surface area contributed by atoms with Gasteiger partial charge < -0.3 is 4.98 Å². The summed E-state index contributed by atoms with van der Waals surface area (Å²) in [7, 11) is 0. The molecule has 5 nitrogen and oxygen atoms in total. The minimum absolute atomic E-state index is 0.0513. The molecule has 1 aromatic carbocycles. The lowest BCUT2D eigenvalue weighted by molar-refractivity contribution is 0.244. The van der Waals surface area contributed by atoms with E-state index < -0.39 is 0 Å². The molecule has 0 spiro atoms. The summed E-state index contributed by atoms with van der Waals surface area (Å²) in [6.07, 6.45) is 4.18. The molecule has 0 radical (unpaired) electrons. The Bertz CT molecular complexity index is 1230. The third-order valence-corrected chi connectivity index (χ3v) is 6.64. The molecule has 0 bridgehead atoms. The third-order valence-electron chi connectivity index (χ3n) is 5.27. The second kappa shape index (κ2) is 8.14. The van der Waals surface area contributed by atoms with Crippen LogP contribution in [0, 0.1) is 0 Å². The Morgan fingerprint density at radius 3 is 2.63 bits per heavy atom. The zero-order valence-electron chi connectivity index (χ0n) is 16.1. The van der Waals surface area contributed by atoms with Crippen LogP contribution >= 0.6 is 22.9 Å². The van der Waals surface area contributed by atoms with Crippen LogP contribution in [-0.2, 0) is 19.5 Å². The third kappa shape index (κ3) is 3.94. The van der Waals surface area contributed by atoms with E-state index in [9.17, 15) is 4.79 Å². The lowest BCUT2D eigenvalue weighted by Crippen LogP contribution is -2.35. The number of hydrogen-bond donors (Lipinski definition) is 1. The predicted molar refractivity (Wildman–Crippen MR) is 121 cm³/mol. The van der Waals surface area contributed by atoms with E-state index in [4.69, 9.17) is 16.6 Å². The number of hydrogen-bond acceptors (Lipinski definition) is 5. The molecule has 0 aliphatic carbocycles. The molecule has 0 unspecified atom stereocenters. The van der Waals surface area contributed by atoms with Crippen LogP contribution in [0.5, 0.6) is 0 Å². The average molecular weight is 435 g/mol. The Labute approximate surface area is 183 Å². The summed E-state index contributed by atoms with van der Waals surface area (Å²) in [4.78, 5) is 29.2. The zero-order valence-corrected chi connectivity index (χ0v) is 17.7. The number of H-pyrrole nitrogens is 1. The molecule has 0 fully saturated rings. The van der Waals surface area contributed by atoms with Crippen molar-refractivity contribution in [3.8, 4) is 21.8 Å². The number of aromatic nitrogens is 3. The van der Waals surface area contributed by atoms with Crippen LogP contribution in [0.2, 0.25) is 5.02 Å². The molecule has 0 atom stereocenters. The quantitative estimate of drug-likeness (QED) is 0.502. The first-order valence-electron chi connectivity index (χ1n) is 9.75. The molecular formula is C23H19ClN4OS. The monoisotopic (exact) mass is 434 g/mol. The average Bonchev–Trinajstić information content (AvgIpc) is 3.23. The van der Waals surface area contributed by atoms with E-state index in [-0.39, 0.29) is 5.56 Å². The van der Waals surface area contributed by atoms with Gasteiger partial charge in [-0.2, -0.15) is 0 Å². The van der Waals surface area contributed by atoms with Gasteiger partial charge in [-0.25, -0.2) is 4.98 Å². The van der Waals surface area contributed by atoms with Gasteiger partial charge in [-0.05, 0) is 42.0 Å². The Kier molecular flexibility index (Phi) is 5.21. The standard InChI is InChI=1S/C23H19ClN4OS/c24-17-3-1-15(2-4-17)21-6-5-18(30-21)13-28-12-9-20-19(14-28)23(29)27-22(26-20)16-7-10-25-11-8-16/h1-8,10-11H,9,12-14H2,(H,26,27,29). The number of halogens is 1. The minimum Gasteiger partial charge on any atom is -0.306 e. The maximum atomic E-state index is 12.7. The van der Waals surface area contributed by atoms with E-state index in [0.29, 0.717) is 12.4 Å². The van der Waals surface area contributed by atoms with Crippen molar-refractivity contribution in [1.29, 1.82) is 0 Å². The molecule has 4 heterocycles. The Hall–Kier alpha value is -2.80. The van der Waals surface area contributed by atoms with Crippen molar-refractivity contribution in [2.24, 2.45) is 0 Å². The van der Waals surface area contributed by atoms with E-state index in [1.54, 1.807) is 23.7 Å². The molecule has 1 aliphatic heterocycles. The molecule has 4 aromatic rings. The molecule has 150 valence electrons. The fraction of sp³-hybridized carbons (Fsp3) is 0.174. The zero-order chi connectivity index (χ0) is 20.5. The Morgan fingerprint density at radius 2 is 1.83 bits per heavy atom. The van der Waals surface area contributed by atoms with Crippen molar-refractivity contribution < 1.29 is 0 Å². The summed E-state index contributed by atoms with van der Waals surface area (Å²) in [6, 6.07) is 15.9. The van der Waals surface area contributed by atoms with Crippen molar-refractivity contribution in [3.05, 3.63) is 92.4 Å². The summed E-state index contributed by atoms with van der Waals surface area (Å²) in [6.45, 7) is 2.32. The normalized spacial score (nSPS) is 13.9. The van der Waals surface area contributed by atoms with E-state index in [2.05, 4.69) is 27.0 Å². The molecule has 3 aromatic heterocycles. The maximum Gasteiger partial charge on any atom is 0.255 e.